The Kier molecular flexibility index (Phi) is 3.12. The standard InChI is InChI=1S/C11H16N4O/c1-9(16)4-2-3-5-11-6-12-7-13-10(11)14-8-15-11/h7-8H,2-6H2,1H3,(H,12,13,14,15). The van der Waals surface area contributed by atoms with Gasteiger partial charge in [0.2, 0.25) is 0 Å². The number of hydrogen-bond acceptors (Lipinski definition) is 5. The first kappa shape index (κ1) is 11.0. The summed E-state index contributed by atoms with van der Waals surface area (Å²) in [4.78, 5) is 23.6. The average molecular weight is 220 g/mol. The molecule has 0 radical (unpaired) electrons. The highest BCUT2D eigenvalue weighted by Gasteiger charge is 2.38. The van der Waals surface area contributed by atoms with Crippen LogP contribution in [0, 0.1) is 0 Å². The van der Waals surface area contributed by atoms with Crippen molar-refractivity contribution in [3.63, 3.8) is 0 Å². The molecule has 0 aromatic rings. The third kappa shape index (κ3) is 2.18. The molecule has 1 unspecified atom stereocenters. The van der Waals surface area contributed by atoms with Crippen LogP contribution in [0.4, 0.5) is 0 Å². The molecule has 0 fully saturated rings. The maximum absolute atomic E-state index is 10.8. The largest absolute Gasteiger partial charge is 0.373 e. The van der Waals surface area contributed by atoms with E-state index in [1.165, 1.54) is 0 Å². The van der Waals surface area contributed by atoms with E-state index in [1.807, 2.05) is 0 Å². The molecular formula is C11H16N4O. The lowest BCUT2D eigenvalue weighted by Gasteiger charge is -2.28. The van der Waals surface area contributed by atoms with Gasteiger partial charge in [0, 0.05) is 13.0 Å². The summed E-state index contributed by atoms with van der Waals surface area (Å²) in [5.74, 6) is 1.05. The van der Waals surface area contributed by atoms with Crippen LogP contribution in [0.1, 0.15) is 32.6 Å². The Bertz CT molecular complexity index is 372. The molecule has 16 heavy (non-hydrogen) atoms. The van der Waals surface area contributed by atoms with E-state index in [1.54, 1.807) is 19.6 Å². The zero-order valence-corrected chi connectivity index (χ0v) is 9.44. The van der Waals surface area contributed by atoms with Gasteiger partial charge in [0.15, 0.2) is 5.84 Å². The third-order valence-corrected chi connectivity index (χ3v) is 2.94. The van der Waals surface area contributed by atoms with E-state index in [-0.39, 0.29) is 11.3 Å². The minimum atomic E-state index is -0.272. The fraction of sp³-hybridized carbons (Fsp3) is 0.636. The SMILES string of the molecule is CC(=O)CCCCC12CNC=NC1=NC=N2. The summed E-state index contributed by atoms with van der Waals surface area (Å²) >= 11 is 0. The maximum atomic E-state index is 10.8. The number of carbonyl (C=O) groups is 1. The summed E-state index contributed by atoms with van der Waals surface area (Å²) in [6, 6.07) is 0. The summed E-state index contributed by atoms with van der Waals surface area (Å²) in [5.41, 5.74) is -0.272. The molecule has 0 amide bonds. The fourth-order valence-electron chi connectivity index (χ4n) is 2.03. The lowest BCUT2D eigenvalue weighted by Crippen LogP contribution is -2.47. The van der Waals surface area contributed by atoms with Gasteiger partial charge in [-0.25, -0.2) is 9.98 Å². The highest BCUT2D eigenvalue weighted by molar-refractivity contribution is 6.05. The van der Waals surface area contributed by atoms with Crippen LogP contribution >= 0.6 is 0 Å². The van der Waals surface area contributed by atoms with Crippen LogP contribution in [-0.4, -0.2) is 36.4 Å². The van der Waals surface area contributed by atoms with Crippen LogP contribution in [-0.2, 0) is 4.79 Å². The van der Waals surface area contributed by atoms with Gasteiger partial charge in [-0.15, -0.1) is 0 Å². The summed E-state index contributed by atoms with van der Waals surface area (Å²) < 4.78 is 0. The lowest BCUT2D eigenvalue weighted by atomic mass is 9.91. The highest BCUT2D eigenvalue weighted by Crippen LogP contribution is 2.26. The molecule has 0 spiro atoms. The van der Waals surface area contributed by atoms with E-state index in [4.69, 9.17) is 0 Å². The molecule has 86 valence electrons. The molecule has 0 bridgehead atoms. The number of ketones is 1. The lowest BCUT2D eigenvalue weighted by molar-refractivity contribution is -0.117. The molecule has 0 saturated carbocycles. The Morgan fingerprint density at radius 1 is 1.56 bits per heavy atom. The Labute approximate surface area is 94.8 Å². The second-order valence-electron chi connectivity index (χ2n) is 4.28. The van der Waals surface area contributed by atoms with Gasteiger partial charge in [-0.1, -0.05) is 6.42 Å². The van der Waals surface area contributed by atoms with Crippen molar-refractivity contribution in [2.75, 3.05) is 6.54 Å². The average Bonchev–Trinajstić information content (AvgIpc) is 2.68. The molecule has 5 heteroatoms. The minimum Gasteiger partial charge on any atom is -0.373 e. The van der Waals surface area contributed by atoms with E-state index in [9.17, 15) is 4.79 Å². The van der Waals surface area contributed by atoms with Crippen molar-refractivity contribution in [2.45, 2.75) is 38.1 Å². The number of fused-ring (bicyclic) bond motifs is 1. The molecule has 2 aliphatic rings. The quantitative estimate of drug-likeness (QED) is 0.701. The molecule has 0 aliphatic carbocycles. The van der Waals surface area contributed by atoms with Crippen molar-refractivity contribution < 1.29 is 4.79 Å². The Morgan fingerprint density at radius 2 is 2.44 bits per heavy atom. The number of aliphatic imine (C=N–C) groups is 3. The van der Waals surface area contributed by atoms with E-state index in [0.717, 1.165) is 31.6 Å². The molecule has 2 heterocycles. The topological polar surface area (TPSA) is 66.2 Å². The first-order chi connectivity index (χ1) is 7.73. The Balaban J connectivity index is 1.88. The summed E-state index contributed by atoms with van der Waals surface area (Å²) in [5, 5.41) is 3.09. The van der Waals surface area contributed by atoms with Crippen LogP contribution in [0.3, 0.4) is 0 Å². The van der Waals surface area contributed by atoms with Crippen molar-refractivity contribution in [1.29, 1.82) is 0 Å². The number of hydrogen-bond donors (Lipinski definition) is 1. The number of rotatable bonds is 5. The molecular weight excluding hydrogens is 204 g/mol. The number of nitrogens with zero attached hydrogens (tertiary/aromatic N) is 3. The third-order valence-electron chi connectivity index (χ3n) is 2.94. The van der Waals surface area contributed by atoms with Gasteiger partial charge in [0.1, 0.15) is 17.7 Å². The van der Waals surface area contributed by atoms with Crippen molar-refractivity contribution in [1.82, 2.24) is 5.32 Å². The van der Waals surface area contributed by atoms with Crippen molar-refractivity contribution in [3.05, 3.63) is 0 Å². The van der Waals surface area contributed by atoms with Gasteiger partial charge in [0.25, 0.3) is 0 Å². The van der Waals surface area contributed by atoms with Gasteiger partial charge in [-0.05, 0) is 19.8 Å². The van der Waals surface area contributed by atoms with Crippen LogP contribution in [0.2, 0.25) is 0 Å². The van der Waals surface area contributed by atoms with E-state index in [0.29, 0.717) is 6.42 Å². The molecule has 0 aromatic carbocycles. The van der Waals surface area contributed by atoms with Gasteiger partial charge >= 0.3 is 0 Å². The zero-order chi connectivity index (χ0) is 11.4. The number of amidine groups is 1. The van der Waals surface area contributed by atoms with Crippen LogP contribution in [0.15, 0.2) is 15.0 Å². The molecule has 1 atom stereocenters. The number of carbonyl (C=O) groups excluding carboxylic acids is 1. The summed E-state index contributed by atoms with van der Waals surface area (Å²) in [6.07, 6.45) is 6.71. The molecule has 2 rings (SSSR count). The molecule has 1 N–H and O–H groups in total. The Morgan fingerprint density at radius 3 is 3.25 bits per heavy atom. The van der Waals surface area contributed by atoms with Crippen molar-refractivity contribution in [3.8, 4) is 0 Å². The van der Waals surface area contributed by atoms with Gasteiger partial charge < -0.3 is 10.1 Å². The normalized spacial score (nSPS) is 26.2. The summed E-state index contributed by atoms with van der Waals surface area (Å²) in [7, 11) is 0. The molecule has 0 aromatic heterocycles. The predicted octanol–water partition coefficient (Wildman–Crippen LogP) is 0.946. The van der Waals surface area contributed by atoms with Crippen LogP contribution in [0.25, 0.3) is 0 Å². The molecule has 5 nitrogen and oxygen atoms in total. The number of unbranched alkanes of at least 4 members (excludes halogenated alkanes) is 1. The summed E-state index contributed by atoms with van der Waals surface area (Å²) in [6.45, 7) is 2.39. The highest BCUT2D eigenvalue weighted by atomic mass is 16.1. The Hall–Kier alpha value is -1.52. The zero-order valence-electron chi connectivity index (χ0n) is 9.44. The predicted molar refractivity (Wildman–Crippen MR) is 64.3 cm³/mol. The smallest absolute Gasteiger partial charge is 0.161 e. The van der Waals surface area contributed by atoms with Gasteiger partial charge in [-0.2, -0.15) is 0 Å². The second-order valence-corrected chi connectivity index (χ2v) is 4.28. The first-order valence-corrected chi connectivity index (χ1v) is 5.60. The van der Waals surface area contributed by atoms with E-state index >= 15 is 0 Å². The molecule has 0 saturated heterocycles. The second kappa shape index (κ2) is 4.55. The van der Waals surface area contributed by atoms with Gasteiger partial charge in [-0.3, -0.25) is 4.99 Å². The number of nitrogens with one attached hydrogen (secondary N) is 1. The molecule has 2 aliphatic heterocycles. The van der Waals surface area contributed by atoms with Crippen molar-refractivity contribution in [2.24, 2.45) is 15.0 Å². The van der Waals surface area contributed by atoms with Crippen LogP contribution < -0.4 is 5.32 Å². The van der Waals surface area contributed by atoms with E-state index in [2.05, 4.69) is 20.3 Å². The van der Waals surface area contributed by atoms with Crippen molar-refractivity contribution >= 4 is 24.3 Å². The van der Waals surface area contributed by atoms with E-state index < -0.39 is 0 Å². The van der Waals surface area contributed by atoms with Gasteiger partial charge in [0.05, 0.1) is 6.34 Å². The monoisotopic (exact) mass is 220 g/mol. The first-order valence-electron chi connectivity index (χ1n) is 5.60. The van der Waals surface area contributed by atoms with Crippen LogP contribution in [0.5, 0.6) is 0 Å². The fourth-order valence-corrected chi connectivity index (χ4v) is 2.03. The minimum absolute atomic E-state index is 0.251. The number of Topliss-reactive ketones (excluding diaryl/α,β-unsaturated/α-hetero) is 1. The maximum Gasteiger partial charge on any atom is 0.161 e.